The lowest BCUT2D eigenvalue weighted by molar-refractivity contribution is -0.147. The van der Waals surface area contributed by atoms with Crippen LogP contribution in [0.3, 0.4) is 0 Å². The van der Waals surface area contributed by atoms with Gasteiger partial charge in [-0.05, 0) is 13.0 Å². The van der Waals surface area contributed by atoms with Crippen LogP contribution in [0, 0.1) is 6.92 Å². The van der Waals surface area contributed by atoms with Crippen LogP contribution in [0.2, 0.25) is 0 Å². The van der Waals surface area contributed by atoms with Crippen molar-refractivity contribution in [2.45, 2.75) is 19.6 Å². The number of carboxylic acid groups (broad SMARTS) is 1. The number of amides is 1. The van der Waals surface area contributed by atoms with Gasteiger partial charge in [0, 0.05) is 0 Å². The predicted molar refractivity (Wildman–Crippen MR) is 62.8 cm³/mol. The van der Waals surface area contributed by atoms with Gasteiger partial charge in [-0.2, -0.15) is 0 Å². The number of carbonyl (C=O) groups excluding carboxylic acids is 1. The number of ether oxygens (including phenoxy) is 2. The predicted octanol–water partition coefficient (Wildman–Crippen LogP) is 0.318. The Morgan fingerprint density at radius 2 is 2.26 bits per heavy atom. The highest BCUT2D eigenvalue weighted by molar-refractivity contribution is 5.88. The third-order valence-corrected chi connectivity index (χ3v) is 2.74. The maximum atomic E-state index is 11.7. The summed E-state index contributed by atoms with van der Waals surface area (Å²) in [6.07, 6.45) is -0.622. The summed E-state index contributed by atoms with van der Waals surface area (Å²) in [5.74, 6) is -0.651. The van der Waals surface area contributed by atoms with Crippen LogP contribution < -0.4 is 5.32 Å². The molecular formula is C12H15NO6. The van der Waals surface area contributed by atoms with Gasteiger partial charge in [-0.3, -0.25) is 4.79 Å². The van der Waals surface area contributed by atoms with E-state index in [1.165, 1.54) is 6.07 Å². The molecule has 7 nitrogen and oxygen atoms in total. The Morgan fingerprint density at radius 3 is 2.84 bits per heavy atom. The molecule has 0 radical (unpaired) electrons. The molecule has 1 aromatic heterocycles. The molecule has 0 aromatic carbocycles. The molecule has 1 saturated heterocycles. The molecule has 104 valence electrons. The van der Waals surface area contributed by atoms with E-state index in [0.717, 1.165) is 0 Å². The van der Waals surface area contributed by atoms with Gasteiger partial charge in [-0.1, -0.05) is 0 Å². The highest BCUT2D eigenvalue weighted by Gasteiger charge is 2.23. The monoisotopic (exact) mass is 269 g/mol. The van der Waals surface area contributed by atoms with Gasteiger partial charge >= 0.3 is 5.97 Å². The largest absolute Gasteiger partial charge is 0.478 e. The van der Waals surface area contributed by atoms with Crippen LogP contribution in [-0.2, 0) is 20.8 Å². The standard InChI is InChI=1S/C12H15NO6/c1-7-9(12(15)16)4-8(19-7)5-13-11(14)10-6-17-2-3-18-10/h4,10H,2-3,5-6H2,1H3,(H,13,14)(H,15,16). The molecule has 0 aliphatic carbocycles. The molecule has 0 bridgehead atoms. The first-order valence-electron chi connectivity index (χ1n) is 5.87. The van der Waals surface area contributed by atoms with Crippen molar-refractivity contribution in [1.82, 2.24) is 5.32 Å². The topological polar surface area (TPSA) is 98.0 Å². The Balaban J connectivity index is 1.89. The fourth-order valence-electron chi connectivity index (χ4n) is 1.77. The van der Waals surface area contributed by atoms with Gasteiger partial charge < -0.3 is 24.3 Å². The summed E-state index contributed by atoms with van der Waals surface area (Å²) < 4.78 is 15.6. The second kappa shape index (κ2) is 5.85. The fourth-order valence-corrected chi connectivity index (χ4v) is 1.77. The van der Waals surface area contributed by atoms with E-state index in [1.807, 2.05) is 0 Å². The number of hydrogen-bond acceptors (Lipinski definition) is 5. The summed E-state index contributed by atoms with van der Waals surface area (Å²) in [4.78, 5) is 22.6. The minimum atomic E-state index is -1.05. The number of hydrogen-bond donors (Lipinski definition) is 2. The molecule has 2 heterocycles. The number of aryl methyl sites for hydroxylation is 1. The summed E-state index contributed by atoms with van der Waals surface area (Å²) in [5, 5.41) is 11.5. The van der Waals surface area contributed by atoms with Crippen LogP contribution in [0.15, 0.2) is 10.5 Å². The summed E-state index contributed by atoms with van der Waals surface area (Å²) in [6.45, 7) is 2.79. The lowest BCUT2D eigenvalue weighted by Gasteiger charge is -2.21. The molecular weight excluding hydrogens is 254 g/mol. The fraction of sp³-hybridized carbons (Fsp3) is 0.500. The Hall–Kier alpha value is -1.86. The molecule has 2 N–H and O–H groups in total. The molecule has 1 aliphatic heterocycles. The molecule has 0 spiro atoms. The molecule has 1 amide bonds. The van der Waals surface area contributed by atoms with E-state index < -0.39 is 12.1 Å². The van der Waals surface area contributed by atoms with Gasteiger partial charge in [-0.25, -0.2) is 4.79 Å². The van der Waals surface area contributed by atoms with Crippen molar-refractivity contribution >= 4 is 11.9 Å². The number of aromatic carboxylic acids is 1. The van der Waals surface area contributed by atoms with Gasteiger partial charge in [0.05, 0.1) is 26.4 Å². The number of furan rings is 1. The third-order valence-electron chi connectivity index (χ3n) is 2.74. The van der Waals surface area contributed by atoms with E-state index in [2.05, 4.69) is 5.32 Å². The second-order valence-corrected chi connectivity index (χ2v) is 4.14. The van der Waals surface area contributed by atoms with E-state index in [1.54, 1.807) is 6.92 Å². The Morgan fingerprint density at radius 1 is 1.47 bits per heavy atom. The van der Waals surface area contributed by atoms with Crippen LogP contribution >= 0.6 is 0 Å². The summed E-state index contributed by atoms with van der Waals surface area (Å²) in [7, 11) is 0. The van der Waals surface area contributed by atoms with Crippen LogP contribution in [0.25, 0.3) is 0 Å². The molecule has 19 heavy (non-hydrogen) atoms. The van der Waals surface area contributed by atoms with Gasteiger partial charge in [-0.15, -0.1) is 0 Å². The van der Waals surface area contributed by atoms with Crippen molar-refractivity contribution in [3.63, 3.8) is 0 Å². The van der Waals surface area contributed by atoms with Crippen molar-refractivity contribution in [1.29, 1.82) is 0 Å². The first-order valence-corrected chi connectivity index (χ1v) is 5.87. The number of carbonyl (C=O) groups is 2. The SMILES string of the molecule is Cc1oc(CNC(=O)C2COCCO2)cc1C(=O)O. The molecule has 1 unspecified atom stereocenters. The van der Waals surface area contributed by atoms with E-state index in [4.69, 9.17) is 19.0 Å². The summed E-state index contributed by atoms with van der Waals surface area (Å²) in [6, 6.07) is 1.40. The molecule has 1 fully saturated rings. The Kier molecular flexibility index (Phi) is 4.18. The first-order chi connectivity index (χ1) is 9.08. The van der Waals surface area contributed by atoms with E-state index in [0.29, 0.717) is 24.7 Å². The zero-order valence-electron chi connectivity index (χ0n) is 10.5. The van der Waals surface area contributed by atoms with Crippen molar-refractivity contribution < 1.29 is 28.6 Å². The number of rotatable bonds is 4. The van der Waals surface area contributed by atoms with Crippen molar-refractivity contribution in [3.05, 3.63) is 23.2 Å². The third kappa shape index (κ3) is 3.33. The zero-order chi connectivity index (χ0) is 13.8. The van der Waals surface area contributed by atoms with Crippen molar-refractivity contribution in [3.8, 4) is 0 Å². The first kappa shape index (κ1) is 13.6. The molecule has 2 rings (SSSR count). The van der Waals surface area contributed by atoms with E-state index >= 15 is 0 Å². The number of carboxylic acids is 1. The van der Waals surface area contributed by atoms with Gasteiger partial charge in [0.15, 0.2) is 6.10 Å². The molecule has 1 atom stereocenters. The van der Waals surface area contributed by atoms with Crippen molar-refractivity contribution in [2.75, 3.05) is 19.8 Å². The van der Waals surface area contributed by atoms with E-state index in [-0.39, 0.29) is 24.6 Å². The average Bonchev–Trinajstić information content (AvgIpc) is 2.78. The van der Waals surface area contributed by atoms with Crippen LogP contribution in [0.5, 0.6) is 0 Å². The minimum absolute atomic E-state index is 0.0986. The Bertz CT molecular complexity index is 475. The Labute approximate surface area is 109 Å². The van der Waals surface area contributed by atoms with Gasteiger partial charge in [0.2, 0.25) is 0 Å². The highest BCUT2D eigenvalue weighted by Crippen LogP contribution is 2.14. The van der Waals surface area contributed by atoms with E-state index in [9.17, 15) is 9.59 Å². The van der Waals surface area contributed by atoms with Gasteiger partial charge in [0.25, 0.3) is 5.91 Å². The average molecular weight is 269 g/mol. The smallest absolute Gasteiger partial charge is 0.339 e. The summed E-state index contributed by atoms with van der Waals surface area (Å²) in [5.41, 5.74) is 0.0986. The van der Waals surface area contributed by atoms with Crippen molar-refractivity contribution in [2.24, 2.45) is 0 Å². The summed E-state index contributed by atoms with van der Waals surface area (Å²) >= 11 is 0. The van der Waals surface area contributed by atoms with Gasteiger partial charge in [0.1, 0.15) is 17.1 Å². The molecule has 7 heteroatoms. The second-order valence-electron chi connectivity index (χ2n) is 4.14. The molecule has 0 saturated carbocycles. The number of nitrogens with one attached hydrogen (secondary N) is 1. The molecule has 1 aromatic rings. The minimum Gasteiger partial charge on any atom is -0.478 e. The zero-order valence-corrected chi connectivity index (χ0v) is 10.5. The lowest BCUT2D eigenvalue weighted by atomic mass is 10.2. The van der Waals surface area contributed by atoms with Crippen LogP contribution in [-0.4, -0.2) is 42.9 Å². The lowest BCUT2D eigenvalue weighted by Crippen LogP contribution is -2.42. The molecule has 1 aliphatic rings. The highest BCUT2D eigenvalue weighted by atomic mass is 16.6. The van der Waals surface area contributed by atoms with Crippen LogP contribution in [0.1, 0.15) is 21.9 Å². The normalized spacial score (nSPS) is 19.1. The quantitative estimate of drug-likeness (QED) is 0.816. The maximum absolute atomic E-state index is 11.7. The maximum Gasteiger partial charge on any atom is 0.339 e. The van der Waals surface area contributed by atoms with Crippen LogP contribution in [0.4, 0.5) is 0 Å².